The van der Waals surface area contributed by atoms with Crippen molar-refractivity contribution in [2.45, 2.75) is 76.0 Å². The van der Waals surface area contributed by atoms with E-state index in [9.17, 15) is 0 Å². The number of rotatable bonds is 7. The summed E-state index contributed by atoms with van der Waals surface area (Å²) in [6, 6.07) is 10.1. The Morgan fingerprint density at radius 1 is 1.14 bits per heavy atom. The van der Waals surface area contributed by atoms with E-state index in [1.54, 1.807) is 5.56 Å². The third kappa shape index (κ3) is 3.32. The fourth-order valence-electron chi connectivity index (χ4n) is 4.07. The Morgan fingerprint density at radius 2 is 1.76 bits per heavy atom. The van der Waals surface area contributed by atoms with Gasteiger partial charge in [0.05, 0.1) is 0 Å². The third-order valence-corrected chi connectivity index (χ3v) is 6.30. The van der Waals surface area contributed by atoms with Gasteiger partial charge >= 0.3 is 0 Å². The van der Waals surface area contributed by atoms with Gasteiger partial charge in [-0.1, -0.05) is 46.8 Å². The molecule has 1 aromatic carbocycles. The van der Waals surface area contributed by atoms with Crippen molar-refractivity contribution in [3.63, 3.8) is 0 Å². The first-order chi connectivity index (χ1) is 10.1. The SMILES string of the molecule is CCNC1CC(c2ccc(SC(C)C)cc2)C1(CC)CC. The largest absolute Gasteiger partial charge is 0.314 e. The summed E-state index contributed by atoms with van der Waals surface area (Å²) in [6.45, 7) is 12.5. The van der Waals surface area contributed by atoms with Gasteiger partial charge in [-0.2, -0.15) is 0 Å². The van der Waals surface area contributed by atoms with Crippen molar-refractivity contribution < 1.29 is 0 Å². The van der Waals surface area contributed by atoms with Gasteiger partial charge < -0.3 is 5.32 Å². The number of hydrogen-bond donors (Lipinski definition) is 1. The lowest BCUT2D eigenvalue weighted by molar-refractivity contribution is 0.0210. The molecule has 118 valence electrons. The van der Waals surface area contributed by atoms with E-state index in [1.807, 2.05) is 11.8 Å². The molecule has 1 fully saturated rings. The first-order valence-electron chi connectivity index (χ1n) is 8.57. The highest BCUT2D eigenvalue weighted by Gasteiger charge is 2.52. The normalized spacial score (nSPS) is 24.1. The van der Waals surface area contributed by atoms with Crippen LogP contribution in [-0.4, -0.2) is 17.8 Å². The molecule has 1 aliphatic rings. The highest BCUT2D eigenvalue weighted by molar-refractivity contribution is 7.99. The summed E-state index contributed by atoms with van der Waals surface area (Å²) in [5, 5.41) is 4.36. The number of benzene rings is 1. The van der Waals surface area contributed by atoms with Crippen LogP contribution in [0, 0.1) is 5.41 Å². The molecular weight excluding hydrogens is 274 g/mol. The summed E-state index contributed by atoms with van der Waals surface area (Å²) < 4.78 is 0. The summed E-state index contributed by atoms with van der Waals surface area (Å²) in [5.41, 5.74) is 2.00. The van der Waals surface area contributed by atoms with Crippen LogP contribution in [-0.2, 0) is 0 Å². The highest BCUT2D eigenvalue weighted by atomic mass is 32.2. The van der Waals surface area contributed by atoms with Gasteiger partial charge in [-0.05, 0) is 54.8 Å². The maximum absolute atomic E-state index is 3.71. The fraction of sp³-hybridized carbons (Fsp3) is 0.684. The molecule has 1 aliphatic carbocycles. The van der Waals surface area contributed by atoms with Gasteiger partial charge in [0, 0.05) is 16.2 Å². The minimum Gasteiger partial charge on any atom is -0.314 e. The molecule has 0 spiro atoms. The van der Waals surface area contributed by atoms with Crippen LogP contribution in [0.2, 0.25) is 0 Å². The number of nitrogens with one attached hydrogen (secondary N) is 1. The zero-order valence-electron chi connectivity index (χ0n) is 14.3. The molecule has 2 rings (SSSR count). The Balaban J connectivity index is 2.14. The molecule has 2 heteroatoms. The predicted octanol–water partition coefficient (Wildman–Crippen LogP) is 5.46. The van der Waals surface area contributed by atoms with Gasteiger partial charge in [0.2, 0.25) is 0 Å². The molecule has 0 aliphatic heterocycles. The molecule has 1 saturated carbocycles. The average Bonchev–Trinajstić information content (AvgIpc) is 2.45. The average molecular weight is 306 g/mol. The second kappa shape index (κ2) is 7.19. The Labute approximate surface area is 135 Å². The van der Waals surface area contributed by atoms with Crippen LogP contribution in [0.15, 0.2) is 29.2 Å². The van der Waals surface area contributed by atoms with E-state index < -0.39 is 0 Å². The van der Waals surface area contributed by atoms with Crippen LogP contribution in [0.4, 0.5) is 0 Å². The highest BCUT2D eigenvalue weighted by Crippen LogP contribution is 2.57. The maximum Gasteiger partial charge on any atom is 0.0135 e. The van der Waals surface area contributed by atoms with Crippen LogP contribution < -0.4 is 5.32 Å². The predicted molar refractivity (Wildman–Crippen MR) is 95.3 cm³/mol. The Morgan fingerprint density at radius 3 is 2.24 bits per heavy atom. The van der Waals surface area contributed by atoms with Crippen molar-refractivity contribution in [3.05, 3.63) is 29.8 Å². The molecule has 0 amide bonds. The molecule has 1 N–H and O–H groups in total. The zero-order chi connectivity index (χ0) is 15.5. The monoisotopic (exact) mass is 305 g/mol. The summed E-state index contributed by atoms with van der Waals surface area (Å²) >= 11 is 1.95. The van der Waals surface area contributed by atoms with Crippen LogP contribution >= 0.6 is 11.8 Å². The van der Waals surface area contributed by atoms with E-state index in [2.05, 4.69) is 64.2 Å². The van der Waals surface area contributed by atoms with E-state index in [1.165, 1.54) is 24.2 Å². The second-order valence-corrected chi connectivity index (χ2v) is 8.22. The van der Waals surface area contributed by atoms with E-state index >= 15 is 0 Å². The standard InChI is InChI=1S/C19H31NS/c1-6-19(7-2)17(13-18(19)20-8-3)15-9-11-16(12-10-15)21-14(4)5/h9-12,14,17-18,20H,6-8,13H2,1-5H3. The van der Waals surface area contributed by atoms with Gasteiger partial charge in [-0.15, -0.1) is 11.8 Å². The first kappa shape index (κ1) is 16.9. The lowest BCUT2D eigenvalue weighted by Gasteiger charge is -2.56. The minimum absolute atomic E-state index is 0.461. The molecule has 21 heavy (non-hydrogen) atoms. The van der Waals surface area contributed by atoms with Crippen molar-refractivity contribution in [1.29, 1.82) is 0 Å². The van der Waals surface area contributed by atoms with Gasteiger partial charge in [-0.3, -0.25) is 0 Å². The molecule has 1 aromatic rings. The lowest BCUT2D eigenvalue weighted by atomic mass is 9.52. The van der Waals surface area contributed by atoms with Crippen molar-refractivity contribution >= 4 is 11.8 Å². The van der Waals surface area contributed by atoms with Crippen LogP contribution in [0.1, 0.15) is 65.4 Å². The van der Waals surface area contributed by atoms with Crippen LogP contribution in [0.5, 0.6) is 0 Å². The first-order valence-corrected chi connectivity index (χ1v) is 9.45. The Hall–Kier alpha value is -0.470. The van der Waals surface area contributed by atoms with E-state index in [0.29, 0.717) is 16.7 Å². The van der Waals surface area contributed by atoms with Crippen LogP contribution in [0.25, 0.3) is 0 Å². The smallest absolute Gasteiger partial charge is 0.0135 e. The molecular formula is C19H31NS. The molecule has 0 heterocycles. The van der Waals surface area contributed by atoms with Gasteiger partial charge in [0.1, 0.15) is 0 Å². The van der Waals surface area contributed by atoms with Gasteiger partial charge in [0.15, 0.2) is 0 Å². The molecule has 0 radical (unpaired) electrons. The van der Waals surface area contributed by atoms with Crippen molar-refractivity contribution in [1.82, 2.24) is 5.32 Å². The Bertz CT molecular complexity index is 433. The summed E-state index contributed by atoms with van der Waals surface area (Å²) in [5.74, 6) is 0.731. The zero-order valence-corrected chi connectivity index (χ0v) is 15.1. The van der Waals surface area contributed by atoms with E-state index in [0.717, 1.165) is 12.5 Å². The minimum atomic E-state index is 0.461. The molecule has 2 unspecified atom stereocenters. The molecule has 1 nitrogen and oxygen atoms in total. The van der Waals surface area contributed by atoms with E-state index in [-0.39, 0.29) is 0 Å². The molecule has 0 saturated heterocycles. The topological polar surface area (TPSA) is 12.0 Å². The molecule has 2 atom stereocenters. The van der Waals surface area contributed by atoms with Gasteiger partial charge in [-0.25, -0.2) is 0 Å². The number of hydrogen-bond acceptors (Lipinski definition) is 2. The third-order valence-electron chi connectivity index (χ3n) is 5.28. The second-order valence-electron chi connectivity index (χ2n) is 6.57. The van der Waals surface area contributed by atoms with E-state index in [4.69, 9.17) is 0 Å². The summed E-state index contributed by atoms with van der Waals surface area (Å²) in [4.78, 5) is 1.40. The summed E-state index contributed by atoms with van der Waals surface area (Å²) in [6.07, 6.45) is 3.84. The van der Waals surface area contributed by atoms with Crippen molar-refractivity contribution in [2.24, 2.45) is 5.41 Å². The number of thioether (sulfide) groups is 1. The lowest BCUT2D eigenvalue weighted by Crippen LogP contribution is -2.58. The van der Waals surface area contributed by atoms with Crippen molar-refractivity contribution in [3.8, 4) is 0 Å². The molecule has 0 bridgehead atoms. The van der Waals surface area contributed by atoms with Crippen molar-refractivity contribution in [2.75, 3.05) is 6.54 Å². The van der Waals surface area contributed by atoms with Crippen LogP contribution in [0.3, 0.4) is 0 Å². The quantitative estimate of drug-likeness (QED) is 0.671. The fourth-order valence-corrected chi connectivity index (χ4v) is 4.91. The summed E-state index contributed by atoms with van der Waals surface area (Å²) in [7, 11) is 0. The van der Waals surface area contributed by atoms with Gasteiger partial charge in [0.25, 0.3) is 0 Å². The molecule has 0 aromatic heterocycles. The Kier molecular flexibility index (Phi) is 5.79. The maximum atomic E-state index is 3.71.